The van der Waals surface area contributed by atoms with Crippen molar-refractivity contribution in [2.75, 3.05) is 38.3 Å². The van der Waals surface area contributed by atoms with E-state index in [-0.39, 0.29) is 6.61 Å². The Morgan fingerprint density at radius 2 is 2.18 bits per heavy atom. The number of hydrogen-bond donors (Lipinski definition) is 2. The minimum absolute atomic E-state index is 0.0820. The lowest BCUT2D eigenvalue weighted by atomic mass is 10.2. The molecule has 0 aromatic heterocycles. The number of nitrogens with zero attached hydrogens (tertiary/aromatic N) is 1. The Morgan fingerprint density at radius 3 is 2.71 bits per heavy atom. The molecule has 96 valence electrons. The molecule has 1 rings (SSSR count). The first kappa shape index (κ1) is 14.3. The molecule has 4 nitrogen and oxygen atoms in total. The van der Waals surface area contributed by atoms with Gasteiger partial charge >= 0.3 is 0 Å². The van der Waals surface area contributed by atoms with Crippen LogP contribution in [0.4, 0.5) is 5.69 Å². The number of methoxy groups -OCH3 is 1. The third-order valence-electron chi connectivity index (χ3n) is 2.52. The maximum absolute atomic E-state index is 9.04. The maximum Gasteiger partial charge on any atom is 0.0642 e. The van der Waals surface area contributed by atoms with Crippen LogP contribution in [0.5, 0.6) is 0 Å². The van der Waals surface area contributed by atoms with E-state index in [0.717, 1.165) is 11.3 Å². The fraction of sp³-hybridized carbons (Fsp3) is 0.500. The Morgan fingerprint density at radius 1 is 1.41 bits per heavy atom. The Labute approximate surface area is 107 Å². The largest absolute Gasteiger partial charge is 0.395 e. The van der Waals surface area contributed by atoms with Crippen molar-refractivity contribution in [1.29, 1.82) is 0 Å². The molecule has 0 saturated carbocycles. The van der Waals surface area contributed by atoms with Crippen LogP contribution in [0.15, 0.2) is 18.2 Å². The van der Waals surface area contributed by atoms with Gasteiger partial charge in [0.15, 0.2) is 0 Å². The van der Waals surface area contributed by atoms with Gasteiger partial charge in [-0.3, -0.25) is 0 Å². The zero-order valence-corrected chi connectivity index (χ0v) is 10.8. The smallest absolute Gasteiger partial charge is 0.0642 e. The van der Waals surface area contributed by atoms with Gasteiger partial charge < -0.3 is 20.5 Å². The van der Waals surface area contributed by atoms with E-state index in [1.54, 1.807) is 7.11 Å². The second-order valence-corrected chi connectivity index (χ2v) is 4.10. The van der Waals surface area contributed by atoms with Crippen molar-refractivity contribution in [3.8, 4) is 0 Å². The third-order valence-corrected chi connectivity index (χ3v) is 2.83. The summed E-state index contributed by atoms with van der Waals surface area (Å²) >= 11 is 6.20. The molecule has 0 aliphatic rings. The van der Waals surface area contributed by atoms with Crippen LogP contribution in [-0.4, -0.2) is 38.5 Å². The Balaban J connectivity index is 2.85. The van der Waals surface area contributed by atoms with Gasteiger partial charge in [0.2, 0.25) is 0 Å². The van der Waals surface area contributed by atoms with Crippen molar-refractivity contribution in [2.24, 2.45) is 5.73 Å². The molecule has 0 atom stereocenters. The zero-order chi connectivity index (χ0) is 12.7. The summed E-state index contributed by atoms with van der Waals surface area (Å²) in [6.07, 6.45) is 0. The lowest BCUT2D eigenvalue weighted by molar-refractivity contribution is 0.203. The Bertz CT molecular complexity index is 347. The monoisotopic (exact) mass is 258 g/mol. The van der Waals surface area contributed by atoms with Crippen LogP contribution in [0.1, 0.15) is 5.56 Å². The number of aliphatic hydroxyl groups excluding tert-OH is 1. The molecule has 0 saturated heterocycles. The number of aliphatic hydroxyl groups is 1. The SMILES string of the molecule is COCCN(CCO)c1ccc(CN)cc1Cl. The van der Waals surface area contributed by atoms with E-state index in [1.807, 2.05) is 23.1 Å². The summed E-state index contributed by atoms with van der Waals surface area (Å²) in [7, 11) is 1.65. The fourth-order valence-electron chi connectivity index (χ4n) is 1.61. The molecule has 0 fully saturated rings. The molecular weight excluding hydrogens is 240 g/mol. The zero-order valence-electron chi connectivity index (χ0n) is 10.0. The average Bonchev–Trinajstić information content (AvgIpc) is 2.34. The first-order chi connectivity index (χ1) is 8.22. The molecular formula is C12H19ClN2O2. The summed E-state index contributed by atoms with van der Waals surface area (Å²) in [5, 5.41) is 9.69. The quantitative estimate of drug-likeness (QED) is 0.773. The van der Waals surface area contributed by atoms with Gasteiger partial charge in [0.05, 0.1) is 23.9 Å². The van der Waals surface area contributed by atoms with Crippen LogP contribution in [0.2, 0.25) is 5.02 Å². The van der Waals surface area contributed by atoms with Crippen LogP contribution >= 0.6 is 11.6 Å². The molecule has 0 heterocycles. The molecule has 1 aromatic carbocycles. The molecule has 17 heavy (non-hydrogen) atoms. The topological polar surface area (TPSA) is 58.7 Å². The normalized spacial score (nSPS) is 10.6. The number of nitrogens with two attached hydrogens (primary N) is 1. The van der Waals surface area contributed by atoms with Crippen LogP contribution in [0.3, 0.4) is 0 Å². The summed E-state index contributed by atoms with van der Waals surface area (Å²) in [5.74, 6) is 0. The first-order valence-electron chi connectivity index (χ1n) is 5.56. The van der Waals surface area contributed by atoms with Gasteiger partial charge in [0.25, 0.3) is 0 Å². The highest BCUT2D eigenvalue weighted by molar-refractivity contribution is 6.33. The molecule has 0 aliphatic carbocycles. The Hall–Kier alpha value is -0.810. The van der Waals surface area contributed by atoms with E-state index >= 15 is 0 Å². The van der Waals surface area contributed by atoms with Crippen LogP contribution in [0.25, 0.3) is 0 Å². The van der Waals surface area contributed by atoms with Crippen molar-refractivity contribution >= 4 is 17.3 Å². The fourth-order valence-corrected chi connectivity index (χ4v) is 1.93. The standard InChI is InChI=1S/C12H19ClN2O2/c1-17-7-5-15(4-6-16)12-3-2-10(9-14)8-11(12)13/h2-3,8,16H,4-7,9,14H2,1H3. The summed E-state index contributed by atoms with van der Waals surface area (Å²) < 4.78 is 5.04. The summed E-state index contributed by atoms with van der Waals surface area (Å²) in [6.45, 7) is 2.37. The molecule has 3 N–H and O–H groups in total. The first-order valence-corrected chi connectivity index (χ1v) is 5.94. The van der Waals surface area contributed by atoms with E-state index in [9.17, 15) is 0 Å². The van der Waals surface area contributed by atoms with Crippen molar-refractivity contribution in [3.05, 3.63) is 28.8 Å². The van der Waals surface area contributed by atoms with Gasteiger partial charge in [-0.25, -0.2) is 0 Å². The second kappa shape index (κ2) is 7.50. The van der Waals surface area contributed by atoms with E-state index in [0.29, 0.717) is 31.3 Å². The number of halogens is 1. The van der Waals surface area contributed by atoms with Crippen LogP contribution in [0, 0.1) is 0 Å². The van der Waals surface area contributed by atoms with E-state index in [1.165, 1.54) is 0 Å². The van der Waals surface area contributed by atoms with Gasteiger partial charge in [-0.1, -0.05) is 17.7 Å². The third kappa shape index (κ3) is 4.16. The number of hydrogen-bond acceptors (Lipinski definition) is 4. The molecule has 0 radical (unpaired) electrons. The Kier molecular flexibility index (Phi) is 6.29. The highest BCUT2D eigenvalue weighted by Crippen LogP contribution is 2.26. The minimum Gasteiger partial charge on any atom is -0.395 e. The second-order valence-electron chi connectivity index (χ2n) is 3.69. The predicted molar refractivity (Wildman–Crippen MR) is 70.5 cm³/mol. The highest BCUT2D eigenvalue weighted by Gasteiger charge is 2.10. The summed E-state index contributed by atoms with van der Waals surface area (Å²) in [4.78, 5) is 1.99. The van der Waals surface area contributed by atoms with E-state index < -0.39 is 0 Å². The average molecular weight is 259 g/mol. The van der Waals surface area contributed by atoms with Crippen LogP contribution < -0.4 is 10.6 Å². The molecule has 5 heteroatoms. The summed E-state index contributed by atoms with van der Waals surface area (Å²) in [6, 6.07) is 5.72. The number of benzene rings is 1. The predicted octanol–water partition coefficient (Wildman–Crippen LogP) is 1.24. The van der Waals surface area contributed by atoms with Gasteiger partial charge in [-0.05, 0) is 17.7 Å². The lowest BCUT2D eigenvalue weighted by Crippen LogP contribution is -2.30. The molecule has 0 unspecified atom stereocenters. The highest BCUT2D eigenvalue weighted by atomic mass is 35.5. The van der Waals surface area contributed by atoms with E-state index in [2.05, 4.69) is 0 Å². The van der Waals surface area contributed by atoms with E-state index in [4.69, 9.17) is 27.2 Å². The lowest BCUT2D eigenvalue weighted by Gasteiger charge is -2.24. The number of ether oxygens (including phenoxy) is 1. The molecule has 0 bridgehead atoms. The maximum atomic E-state index is 9.04. The van der Waals surface area contributed by atoms with Crippen molar-refractivity contribution < 1.29 is 9.84 Å². The van der Waals surface area contributed by atoms with Gasteiger partial charge in [-0.2, -0.15) is 0 Å². The van der Waals surface area contributed by atoms with Crippen molar-refractivity contribution in [3.63, 3.8) is 0 Å². The van der Waals surface area contributed by atoms with Gasteiger partial charge in [-0.15, -0.1) is 0 Å². The molecule has 0 amide bonds. The molecule has 0 aliphatic heterocycles. The number of rotatable bonds is 7. The van der Waals surface area contributed by atoms with Crippen LogP contribution in [-0.2, 0) is 11.3 Å². The molecule has 0 spiro atoms. The molecule has 1 aromatic rings. The van der Waals surface area contributed by atoms with Crippen molar-refractivity contribution in [1.82, 2.24) is 0 Å². The van der Waals surface area contributed by atoms with Crippen molar-refractivity contribution in [2.45, 2.75) is 6.54 Å². The van der Waals surface area contributed by atoms with Gasteiger partial charge in [0, 0.05) is 26.7 Å². The number of anilines is 1. The van der Waals surface area contributed by atoms with Gasteiger partial charge in [0.1, 0.15) is 0 Å². The minimum atomic E-state index is 0.0820. The summed E-state index contributed by atoms with van der Waals surface area (Å²) in [5.41, 5.74) is 7.44.